The molecule has 0 radical (unpaired) electrons. The van der Waals surface area contributed by atoms with Crippen molar-refractivity contribution in [1.29, 1.82) is 0 Å². The molecule has 2 amide bonds. The minimum absolute atomic E-state index is 0.315. The van der Waals surface area contributed by atoms with Gasteiger partial charge in [-0.05, 0) is 20.3 Å². The average Bonchev–Trinajstić information content (AvgIpc) is 2.60. The topological polar surface area (TPSA) is 107 Å². The Kier molecular flexibility index (Phi) is 4.70. The number of carbonyl (C=O) groups excluding carboxylic acids is 1. The van der Waals surface area contributed by atoms with Crippen molar-refractivity contribution in [2.24, 2.45) is 5.92 Å². The number of carboxylic acids is 1. The molecular weight excluding hydrogens is 236 g/mol. The first-order valence-corrected chi connectivity index (χ1v) is 5.71. The van der Waals surface area contributed by atoms with Crippen LogP contribution in [-0.2, 0) is 4.79 Å². The fourth-order valence-electron chi connectivity index (χ4n) is 1.42. The number of aliphatic carboxylic acids is 1. The van der Waals surface area contributed by atoms with E-state index >= 15 is 0 Å². The number of carboxylic acid groups (broad SMARTS) is 1. The molecule has 0 aliphatic carbocycles. The smallest absolute Gasteiger partial charge is 0.319 e. The molecular formula is C11H18N4O3. The predicted octanol–water partition coefficient (Wildman–Crippen LogP) is 1.26. The summed E-state index contributed by atoms with van der Waals surface area (Å²) in [6, 6.07) is -0.361. The van der Waals surface area contributed by atoms with Crippen LogP contribution in [0.2, 0.25) is 0 Å². The lowest BCUT2D eigenvalue weighted by Gasteiger charge is -2.09. The molecule has 1 rings (SSSR count). The van der Waals surface area contributed by atoms with E-state index in [1.165, 1.54) is 0 Å². The summed E-state index contributed by atoms with van der Waals surface area (Å²) >= 11 is 0. The van der Waals surface area contributed by atoms with Crippen LogP contribution in [0.4, 0.5) is 10.5 Å². The second kappa shape index (κ2) is 6.04. The van der Waals surface area contributed by atoms with Crippen LogP contribution in [-0.4, -0.2) is 33.8 Å². The number of nitrogens with zero attached hydrogens (tertiary/aromatic N) is 1. The van der Waals surface area contributed by atoms with Crippen molar-refractivity contribution in [1.82, 2.24) is 15.5 Å². The number of H-pyrrole nitrogens is 1. The fraction of sp³-hybridized carbons (Fsp3) is 0.545. The third-order valence-corrected chi connectivity index (χ3v) is 2.65. The second-order valence-corrected chi connectivity index (χ2v) is 4.22. The van der Waals surface area contributed by atoms with Gasteiger partial charge in [-0.15, -0.1) is 0 Å². The second-order valence-electron chi connectivity index (χ2n) is 4.22. The molecule has 1 unspecified atom stereocenters. The number of rotatable bonds is 5. The molecule has 0 aliphatic rings. The summed E-state index contributed by atoms with van der Waals surface area (Å²) in [6.45, 7) is 5.51. The molecule has 7 heteroatoms. The number of amides is 2. The number of aryl methyl sites for hydroxylation is 2. The molecule has 1 aromatic heterocycles. The predicted molar refractivity (Wildman–Crippen MR) is 66.5 cm³/mol. The van der Waals surface area contributed by atoms with Gasteiger partial charge in [0.05, 0.1) is 23.0 Å². The van der Waals surface area contributed by atoms with Gasteiger partial charge >= 0.3 is 12.0 Å². The van der Waals surface area contributed by atoms with E-state index in [1.807, 2.05) is 6.92 Å². The molecule has 1 atom stereocenters. The molecule has 0 bridgehead atoms. The van der Waals surface area contributed by atoms with Gasteiger partial charge in [-0.3, -0.25) is 9.89 Å². The van der Waals surface area contributed by atoms with Crippen LogP contribution in [0.3, 0.4) is 0 Å². The number of hydrogen-bond donors (Lipinski definition) is 4. The van der Waals surface area contributed by atoms with Crippen molar-refractivity contribution < 1.29 is 14.7 Å². The van der Waals surface area contributed by atoms with Gasteiger partial charge in [-0.2, -0.15) is 5.10 Å². The number of hydrogen-bond acceptors (Lipinski definition) is 3. The normalized spacial score (nSPS) is 11.9. The third-order valence-electron chi connectivity index (χ3n) is 2.65. The molecule has 0 aliphatic heterocycles. The van der Waals surface area contributed by atoms with Crippen LogP contribution in [0, 0.1) is 19.8 Å². The van der Waals surface area contributed by atoms with E-state index in [1.54, 1.807) is 13.8 Å². The van der Waals surface area contributed by atoms with Gasteiger partial charge in [0.25, 0.3) is 0 Å². The quantitative estimate of drug-likeness (QED) is 0.634. The van der Waals surface area contributed by atoms with E-state index in [4.69, 9.17) is 5.11 Å². The zero-order valence-electron chi connectivity index (χ0n) is 10.7. The molecule has 1 heterocycles. The Labute approximate surface area is 105 Å². The zero-order chi connectivity index (χ0) is 13.7. The molecule has 0 fully saturated rings. The van der Waals surface area contributed by atoms with Gasteiger partial charge < -0.3 is 15.7 Å². The highest BCUT2D eigenvalue weighted by Gasteiger charge is 2.12. The summed E-state index contributed by atoms with van der Waals surface area (Å²) in [5, 5.41) is 20.7. The van der Waals surface area contributed by atoms with Gasteiger partial charge in [-0.25, -0.2) is 4.79 Å². The van der Waals surface area contributed by atoms with E-state index < -0.39 is 11.9 Å². The first-order valence-electron chi connectivity index (χ1n) is 5.71. The van der Waals surface area contributed by atoms with E-state index in [0.29, 0.717) is 24.3 Å². The zero-order valence-corrected chi connectivity index (χ0v) is 10.7. The van der Waals surface area contributed by atoms with E-state index in [0.717, 1.165) is 5.69 Å². The van der Waals surface area contributed by atoms with Crippen LogP contribution >= 0.6 is 0 Å². The van der Waals surface area contributed by atoms with Crippen molar-refractivity contribution in [3.63, 3.8) is 0 Å². The van der Waals surface area contributed by atoms with Gasteiger partial charge in [0, 0.05) is 6.54 Å². The number of aromatic amines is 1. The van der Waals surface area contributed by atoms with E-state index in [2.05, 4.69) is 20.8 Å². The summed E-state index contributed by atoms with van der Waals surface area (Å²) in [5.74, 6) is -1.33. The standard InChI is InChI=1S/C11H18N4O3/c1-6(10(16)17)4-5-12-11(18)13-9-7(2)14-15-8(9)3/h6H,4-5H2,1-3H3,(H,14,15)(H,16,17)(H2,12,13,18). The summed E-state index contributed by atoms with van der Waals surface area (Å²) in [4.78, 5) is 22.1. The molecule has 0 saturated carbocycles. The Balaban J connectivity index is 2.37. The lowest BCUT2D eigenvalue weighted by Crippen LogP contribution is -2.31. The van der Waals surface area contributed by atoms with Crippen molar-refractivity contribution in [2.45, 2.75) is 27.2 Å². The Morgan fingerprint density at radius 2 is 2.11 bits per heavy atom. The Bertz CT molecular complexity index is 422. The van der Waals surface area contributed by atoms with Gasteiger partial charge in [0.1, 0.15) is 0 Å². The number of nitrogens with one attached hydrogen (secondary N) is 3. The van der Waals surface area contributed by atoms with Crippen LogP contribution < -0.4 is 10.6 Å². The monoisotopic (exact) mass is 254 g/mol. The molecule has 0 saturated heterocycles. The third kappa shape index (κ3) is 3.76. The number of carbonyl (C=O) groups is 2. The minimum Gasteiger partial charge on any atom is -0.481 e. The summed E-state index contributed by atoms with van der Waals surface area (Å²) in [6.07, 6.45) is 0.395. The van der Waals surface area contributed by atoms with Crippen molar-refractivity contribution in [3.05, 3.63) is 11.4 Å². The summed E-state index contributed by atoms with van der Waals surface area (Å²) in [5.41, 5.74) is 2.14. The van der Waals surface area contributed by atoms with Gasteiger partial charge in [-0.1, -0.05) is 6.92 Å². The molecule has 0 aromatic carbocycles. The maximum atomic E-state index is 11.6. The molecule has 100 valence electrons. The fourth-order valence-corrected chi connectivity index (χ4v) is 1.42. The highest BCUT2D eigenvalue weighted by molar-refractivity contribution is 5.90. The number of urea groups is 1. The molecule has 0 spiro atoms. The average molecular weight is 254 g/mol. The van der Waals surface area contributed by atoms with Gasteiger partial charge in [0.15, 0.2) is 0 Å². The Hall–Kier alpha value is -2.05. The van der Waals surface area contributed by atoms with Gasteiger partial charge in [0.2, 0.25) is 0 Å². The summed E-state index contributed by atoms with van der Waals surface area (Å²) < 4.78 is 0. The first-order chi connectivity index (χ1) is 8.41. The minimum atomic E-state index is -0.862. The van der Waals surface area contributed by atoms with Crippen molar-refractivity contribution in [2.75, 3.05) is 11.9 Å². The molecule has 18 heavy (non-hydrogen) atoms. The summed E-state index contributed by atoms with van der Waals surface area (Å²) in [7, 11) is 0. The van der Waals surface area contributed by atoms with Crippen molar-refractivity contribution in [3.8, 4) is 0 Å². The Morgan fingerprint density at radius 1 is 1.44 bits per heavy atom. The van der Waals surface area contributed by atoms with Crippen LogP contribution in [0.5, 0.6) is 0 Å². The molecule has 7 nitrogen and oxygen atoms in total. The first kappa shape index (κ1) is 14.0. The van der Waals surface area contributed by atoms with Crippen LogP contribution in [0.25, 0.3) is 0 Å². The maximum Gasteiger partial charge on any atom is 0.319 e. The number of aromatic nitrogens is 2. The molecule has 4 N–H and O–H groups in total. The van der Waals surface area contributed by atoms with E-state index in [9.17, 15) is 9.59 Å². The Morgan fingerprint density at radius 3 is 2.61 bits per heavy atom. The largest absolute Gasteiger partial charge is 0.481 e. The van der Waals surface area contributed by atoms with Crippen LogP contribution in [0.1, 0.15) is 24.7 Å². The lowest BCUT2D eigenvalue weighted by atomic mass is 10.1. The highest BCUT2D eigenvalue weighted by atomic mass is 16.4. The van der Waals surface area contributed by atoms with Crippen LogP contribution in [0.15, 0.2) is 0 Å². The van der Waals surface area contributed by atoms with Crippen molar-refractivity contribution >= 4 is 17.7 Å². The maximum absolute atomic E-state index is 11.6. The van der Waals surface area contributed by atoms with E-state index in [-0.39, 0.29) is 6.03 Å². The number of anilines is 1. The molecule has 1 aromatic rings. The SMILES string of the molecule is Cc1n[nH]c(C)c1NC(=O)NCCC(C)C(=O)O. The lowest BCUT2D eigenvalue weighted by molar-refractivity contribution is -0.141. The highest BCUT2D eigenvalue weighted by Crippen LogP contribution is 2.15.